The zero-order valence-electron chi connectivity index (χ0n) is 9.74. The summed E-state index contributed by atoms with van der Waals surface area (Å²) in [6.07, 6.45) is 8.23. The van der Waals surface area contributed by atoms with E-state index in [1.54, 1.807) is 0 Å². The van der Waals surface area contributed by atoms with Crippen molar-refractivity contribution in [1.82, 2.24) is 0 Å². The van der Waals surface area contributed by atoms with Crippen LogP contribution in [0.3, 0.4) is 0 Å². The first-order chi connectivity index (χ1) is 7.66. The van der Waals surface area contributed by atoms with E-state index in [4.69, 9.17) is 4.74 Å². The van der Waals surface area contributed by atoms with Crippen molar-refractivity contribution in [3.8, 4) is 0 Å². The molecule has 0 aliphatic heterocycles. The van der Waals surface area contributed by atoms with Gasteiger partial charge in [-0.3, -0.25) is 0 Å². The Labute approximate surface area is 96.3 Å². The minimum Gasteiger partial charge on any atom is -0.545 e. The Morgan fingerprint density at radius 3 is 2.31 bits per heavy atom. The maximum absolute atomic E-state index is 10.9. The largest absolute Gasteiger partial charge is 0.545 e. The van der Waals surface area contributed by atoms with Crippen molar-refractivity contribution < 1.29 is 19.4 Å². The number of aliphatic carboxylic acids is 1. The van der Waals surface area contributed by atoms with Crippen LogP contribution in [-0.2, 0) is 14.3 Å². The molecule has 92 valence electrons. The average molecular weight is 227 g/mol. The predicted molar refractivity (Wildman–Crippen MR) is 58.5 cm³/mol. The number of hydrogen-bond acceptors (Lipinski definition) is 4. The van der Waals surface area contributed by atoms with Crippen molar-refractivity contribution in [3.63, 3.8) is 0 Å². The zero-order valence-corrected chi connectivity index (χ0v) is 9.74. The van der Waals surface area contributed by atoms with Crippen molar-refractivity contribution in [3.05, 3.63) is 12.2 Å². The van der Waals surface area contributed by atoms with Crippen molar-refractivity contribution in [2.75, 3.05) is 6.61 Å². The van der Waals surface area contributed by atoms with Crippen LogP contribution in [0.25, 0.3) is 0 Å². The number of carboxylic acid groups (broad SMARTS) is 1. The van der Waals surface area contributed by atoms with Gasteiger partial charge in [0.05, 0.1) is 12.6 Å². The molecule has 0 spiro atoms. The molecule has 0 bridgehead atoms. The molecule has 0 aliphatic rings. The molecular weight excluding hydrogens is 208 g/mol. The van der Waals surface area contributed by atoms with Crippen LogP contribution in [0, 0.1) is 0 Å². The highest BCUT2D eigenvalue weighted by atomic mass is 16.5. The minimum absolute atomic E-state index is 0.350. The molecule has 0 N–H and O–H groups in total. The van der Waals surface area contributed by atoms with Crippen LogP contribution in [0.4, 0.5) is 0 Å². The predicted octanol–water partition coefficient (Wildman–Crippen LogP) is 1.20. The van der Waals surface area contributed by atoms with Gasteiger partial charge in [0.2, 0.25) is 0 Å². The Balaban J connectivity index is 3.31. The highest BCUT2D eigenvalue weighted by Crippen LogP contribution is 2.04. The summed E-state index contributed by atoms with van der Waals surface area (Å²) in [6, 6.07) is 0. The Morgan fingerprint density at radius 2 is 1.69 bits per heavy atom. The van der Waals surface area contributed by atoms with E-state index in [2.05, 4.69) is 6.92 Å². The fourth-order valence-corrected chi connectivity index (χ4v) is 1.24. The summed E-state index contributed by atoms with van der Waals surface area (Å²) < 4.78 is 4.78. The van der Waals surface area contributed by atoms with Crippen LogP contribution in [0.5, 0.6) is 0 Å². The molecule has 0 fully saturated rings. The molecule has 0 aromatic heterocycles. The zero-order chi connectivity index (χ0) is 12.2. The summed E-state index contributed by atoms with van der Waals surface area (Å²) in [6.45, 7) is 2.51. The van der Waals surface area contributed by atoms with Gasteiger partial charge in [-0.1, -0.05) is 39.0 Å². The molecule has 4 heteroatoms. The monoisotopic (exact) mass is 227 g/mol. The molecule has 0 heterocycles. The number of esters is 1. The average Bonchev–Trinajstić information content (AvgIpc) is 2.25. The molecule has 0 atom stereocenters. The van der Waals surface area contributed by atoms with E-state index in [9.17, 15) is 14.7 Å². The fraction of sp³-hybridized carbons (Fsp3) is 0.667. The first-order valence-electron chi connectivity index (χ1n) is 5.72. The number of carbonyl (C=O) groups excluding carboxylic acids is 2. The molecule has 0 saturated heterocycles. The van der Waals surface area contributed by atoms with Crippen LogP contribution in [0.2, 0.25) is 0 Å². The minimum atomic E-state index is -1.39. The second-order valence-electron chi connectivity index (χ2n) is 3.59. The summed E-state index contributed by atoms with van der Waals surface area (Å²) in [5.41, 5.74) is 0. The van der Waals surface area contributed by atoms with Crippen molar-refractivity contribution >= 4 is 11.9 Å². The summed E-state index contributed by atoms with van der Waals surface area (Å²) in [5.74, 6) is -2.02. The van der Waals surface area contributed by atoms with Gasteiger partial charge in [-0.05, 0) is 12.5 Å². The number of rotatable bonds is 9. The van der Waals surface area contributed by atoms with Crippen LogP contribution in [-0.4, -0.2) is 18.5 Å². The number of hydrogen-bond donors (Lipinski definition) is 0. The van der Waals surface area contributed by atoms with Gasteiger partial charge < -0.3 is 14.6 Å². The number of ether oxygens (including phenoxy) is 1. The molecule has 0 aliphatic carbocycles. The van der Waals surface area contributed by atoms with Crippen LogP contribution < -0.4 is 5.11 Å². The van der Waals surface area contributed by atoms with E-state index < -0.39 is 11.9 Å². The summed E-state index contributed by atoms with van der Waals surface area (Å²) in [5, 5.41) is 9.97. The lowest BCUT2D eigenvalue weighted by Gasteiger charge is -2.02. The van der Waals surface area contributed by atoms with Gasteiger partial charge >= 0.3 is 5.97 Å². The van der Waals surface area contributed by atoms with E-state index in [0.29, 0.717) is 12.7 Å². The molecule has 4 nitrogen and oxygen atoms in total. The molecular formula is C12H19O4-. The van der Waals surface area contributed by atoms with Gasteiger partial charge in [-0.15, -0.1) is 0 Å². The summed E-state index contributed by atoms with van der Waals surface area (Å²) in [7, 11) is 0. The first-order valence-corrected chi connectivity index (χ1v) is 5.72. The van der Waals surface area contributed by atoms with Gasteiger partial charge in [0.1, 0.15) is 0 Å². The van der Waals surface area contributed by atoms with Crippen LogP contribution in [0.15, 0.2) is 12.2 Å². The number of carboxylic acids is 1. The van der Waals surface area contributed by atoms with E-state index in [1.807, 2.05) is 0 Å². The maximum atomic E-state index is 10.9. The van der Waals surface area contributed by atoms with Crippen LogP contribution in [0.1, 0.15) is 45.4 Å². The highest BCUT2D eigenvalue weighted by Gasteiger charge is 1.96. The van der Waals surface area contributed by atoms with E-state index >= 15 is 0 Å². The summed E-state index contributed by atoms with van der Waals surface area (Å²) >= 11 is 0. The van der Waals surface area contributed by atoms with Gasteiger partial charge in [-0.25, -0.2) is 4.79 Å². The lowest BCUT2D eigenvalue weighted by Crippen LogP contribution is -2.19. The number of carbonyl (C=O) groups is 2. The van der Waals surface area contributed by atoms with E-state index in [1.165, 1.54) is 19.3 Å². The molecule has 0 unspecified atom stereocenters. The van der Waals surface area contributed by atoms with Gasteiger partial charge in [0.15, 0.2) is 0 Å². The third kappa shape index (κ3) is 10.8. The molecule has 0 aromatic rings. The number of unbranched alkanes of at least 4 members (excludes halogenated alkanes) is 5. The Kier molecular flexibility index (Phi) is 9.36. The third-order valence-corrected chi connectivity index (χ3v) is 2.10. The molecule has 0 radical (unpaired) electrons. The van der Waals surface area contributed by atoms with Gasteiger partial charge in [-0.2, -0.15) is 0 Å². The second-order valence-corrected chi connectivity index (χ2v) is 3.59. The molecule has 0 aromatic carbocycles. The fourth-order valence-electron chi connectivity index (χ4n) is 1.24. The van der Waals surface area contributed by atoms with E-state index in [-0.39, 0.29) is 0 Å². The molecule has 0 rings (SSSR count). The highest BCUT2D eigenvalue weighted by molar-refractivity contribution is 5.89. The van der Waals surface area contributed by atoms with Crippen molar-refractivity contribution in [2.45, 2.75) is 45.4 Å². The quantitative estimate of drug-likeness (QED) is 0.337. The van der Waals surface area contributed by atoms with Crippen molar-refractivity contribution in [2.24, 2.45) is 0 Å². The van der Waals surface area contributed by atoms with Crippen molar-refractivity contribution in [1.29, 1.82) is 0 Å². The topological polar surface area (TPSA) is 66.4 Å². The lowest BCUT2D eigenvalue weighted by atomic mass is 10.1. The Morgan fingerprint density at radius 1 is 1.06 bits per heavy atom. The van der Waals surface area contributed by atoms with E-state index in [0.717, 1.165) is 25.3 Å². The first kappa shape index (κ1) is 14.7. The molecule has 0 amide bonds. The van der Waals surface area contributed by atoms with Crippen LogP contribution >= 0.6 is 0 Å². The Hall–Kier alpha value is -1.32. The molecule has 0 saturated carbocycles. The normalized spacial score (nSPS) is 10.6. The smallest absolute Gasteiger partial charge is 0.330 e. The SMILES string of the molecule is CCCCCCCCOC(=O)/C=C\C(=O)[O-]. The van der Waals surface area contributed by atoms with Gasteiger partial charge in [0, 0.05) is 6.08 Å². The second kappa shape index (κ2) is 10.2. The van der Waals surface area contributed by atoms with Gasteiger partial charge in [0.25, 0.3) is 0 Å². The lowest BCUT2D eigenvalue weighted by molar-refractivity contribution is -0.297. The standard InChI is InChI=1S/C12H20O4/c1-2-3-4-5-6-7-10-16-12(15)9-8-11(13)14/h8-9H,2-7,10H2,1H3,(H,13,14)/p-1/b9-8-. The summed E-state index contributed by atoms with van der Waals surface area (Å²) in [4.78, 5) is 20.9. The third-order valence-electron chi connectivity index (χ3n) is 2.10. The molecule has 16 heavy (non-hydrogen) atoms. The maximum Gasteiger partial charge on any atom is 0.330 e. The Bertz CT molecular complexity index is 233.